The molecule has 0 bridgehead atoms. The average Bonchev–Trinajstić information content (AvgIpc) is 3.06. The van der Waals surface area contributed by atoms with Crippen molar-refractivity contribution in [2.75, 3.05) is 7.11 Å². The molecule has 0 radical (unpaired) electrons. The molecule has 25 heavy (non-hydrogen) atoms. The summed E-state index contributed by atoms with van der Waals surface area (Å²) in [4.78, 5) is 22.9. The molecule has 0 heterocycles. The standard InChI is InChI=1S/C16H22N2O6S/c1-10(16(20)21)17-15(19)11-7-8-13(24-2)14(9-11)25(22,23)18-12-5-3-4-6-12/h7-10,12,18H,3-6H2,1-2H3,(H,17,19)(H,20,21). The van der Waals surface area contributed by atoms with Crippen LogP contribution in [-0.4, -0.2) is 44.6 Å². The third-order valence-electron chi connectivity index (χ3n) is 4.11. The molecule has 1 aromatic rings. The minimum atomic E-state index is -3.86. The van der Waals surface area contributed by atoms with Crippen molar-refractivity contribution < 1.29 is 27.9 Å². The summed E-state index contributed by atoms with van der Waals surface area (Å²) in [6, 6.07) is 2.74. The summed E-state index contributed by atoms with van der Waals surface area (Å²) in [5.74, 6) is -1.74. The van der Waals surface area contributed by atoms with Crippen molar-refractivity contribution in [3.63, 3.8) is 0 Å². The quantitative estimate of drug-likeness (QED) is 0.661. The average molecular weight is 370 g/mol. The van der Waals surface area contributed by atoms with Crippen LogP contribution in [0.1, 0.15) is 43.0 Å². The SMILES string of the molecule is COc1ccc(C(=O)NC(C)C(=O)O)cc1S(=O)(=O)NC1CCCC1. The van der Waals surface area contributed by atoms with Gasteiger partial charge in [-0.25, -0.2) is 13.1 Å². The second-order valence-corrected chi connectivity index (χ2v) is 7.68. The van der Waals surface area contributed by atoms with E-state index in [1.807, 2.05) is 0 Å². The fraction of sp³-hybridized carbons (Fsp3) is 0.500. The van der Waals surface area contributed by atoms with E-state index in [-0.39, 0.29) is 22.3 Å². The summed E-state index contributed by atoms with van der Waals surface area (Å²) in [5.41, 5.74) is 0.0423. The second kappa shape index (κ2) is 7.83. The topological polar surface area (TPSA) is 122 Å². The van der Waals surface area contributed by atoms with Gasteiger partial charge in [-0.1, -0.05) is 12.8 Å². The Balaban J connectivity index is 2.29. The second-order valence-electron chi connectivity index (χ2n) is 6.00. The molecule has 1 aliphatic rings. The number of amides is 1. The molecule has 2 rings (SSSR count). The molecule has 0 aromatic heterocycles. The van der Waals surface area contributed by atoms with Crippen LogP contribution >= 0.6 is 0 Å². The third kappa shape index (κ3) is 4.70. The number of rotatable bonds is 7. The normalized spacial score (nSPS) is 16.4. The van der Waals surface area contributed by atoms with Crippen LogP contribution in [0.3, 0.4) is 0 Å². The molecule has 138 valence electrons. The number of carbonyl (C=O) groups is 2. The summed E-state index contributed by atoms with van der Waals surface area (Å²) >= 11 is 0. The fourth-order valence-corrected chi connectivity index (χ4v) is 4.20. The molecule has 3 N–H and O–H groups in total. The number of sulfonamides is 1. The number of aliphatic carboxylic acids is 1. The summed E-state index contributed by atoms with van der Waals surface area (Å²) in [6.07, 6.45) is 3.50. The van der Waals surface area contributed by atoms with E-state index < -0.39 is 27.9 Å². The highest BCUT2D eigenvalue weighted by Gasteiger charge is 2.27. The lowest BCUT2D eigenvalue weighted by Gasteiger charge is -2.16. The van der Waals surface area contributed by atoms with Gasteiger partial charge >= 0.3 is 5.97 Å². The van der Waals surface area contributed by atoms with Crippen LogP contribution in [0, 0.1) is 0 Å². The summed E-state index contributed by atoms with van der Waals surface area (Å²) in [6.45, 7) is 1.32. The largest absolute Gasteiger partial charge is 0.495 e. The number of benzene rings is 1. The molecule has 1 aromatic carbocycles. The zero-order valence-electron chi connectivity index (χ0n) is 14.1. The molecule has 9 heteroatoms. The van der Waals surface area contributed by atoms with E-state index in [0.29, 0.717) is 0 Å². The Bertz CT molecular complexity index is 756. The lowest BCUT2D eigenvalue weighted by Crippen LogP contribution is -2.38. The molecular weight excluding hydrogens is 348 g/mol. The van der Waals surface area contributed by atoms with E-state index in [9.17, 15) is 18.0 Å². The van der Waals surface area contributed by atoms with E-state index in [1.165, 1.54) is 32.2 Å². The monoisotopic (exact) mass is 370 g/mol. The van der Waals surface area contributed by atoms with E-state index in [2.05, 4.69) is 10.0 Å². The number of carbonyl (C=O) groups excluding carboxylic acids is 1. The van der Waals surface area contributed by atoms with Crippen molar-refractivity contribution >= 4 is 21.9 Å². The van der Waals surface area contributed by atoms with Gasteiger partial charge in [0.1, 0.15) is 16.7 Å². The molecule has 0 saturated heterocycles. The number of carboxylic acid groups (broad SMARTS) is 1. The number of hydrogen-bond donors (Lipinski definition) is 3. The van der Waals surface area contributed by atoms with E-state index >= 15 is 0 Å². The van der Waals surface area contributed by atoms with Crippen molar-refractivity contribution in [3.05, 3.63) is 23.8 Å². The fourth-order valence-electron chi connectivity index (χ4n) is 2.70. The van der Waals surface area contributed by atoms with Crippen LogP contribution in [0.2, 0.25) is 0 Å². The molecule has 1 fully saturated rings. The maximum atomic E-state index is 12.7. The van der Waals surface area contributed by atoms with Gasteiger partial charge in [0.25, 0.3) is 5.91 Å². The minimum absolute atomic E-state index is 0.0423. The maximum absolute atomic E-state index is 12.7. The zero-order chi connectivity index (χ0) is 18.6. The highest BCUT2D eigenvalue weighted by atomic mass is 32.2. The lowest BCUT2D eigenvalue weighted by molar-refractivity contribution is -0.138. The van der Waals surface area contributed by atoms with Crippen LogP contribution in [0.25, 0.3) is 0 Å². The maximum Gasteiger partial charge on any atom is 0.325 e. The van der Waals surface area contributed by atoms with E-state index in [1.54, 1.807) is 0 Å². The van der Waals surface area contributed by atoms with Gasteiger partial charge in [0.05, 0.1) is 7.11 Å². The number of carboxylic acids is 1. The smallest absolute Gasteiger partial charge is 0.325 e. The van der Waals surface area contributed by atoms with Crippen molar-refractivity contribution in [3.8, 4) is 5.75 Å². The minimum Gasteiger partial charge on any atom is -0.495 e. The lowest BCUT2D eigenvalue weighted by atomic mass is 10.2. The first-order chi connectivity index (χ1) is 11.7. The molecule has 1 atom stereocenters. The highest BCUT2D eigenvalue weighted by Crippen LogP contribution is 2.27. The predicted octanol–water partition coefficient (Wildman–Crippen LogP) is 1.12. The van der Waals surface area contributed by atoms with Crippen molar-refractivity contribution in [1.29, 1.82) is 0 Å². The van der Waals surface area contributed by atoms with Crippen LogP contribution < -0.4 is 14.8 Å². The van der Waals surface area contributed by atoms with Gasteiger partial charge in [0.15, 0.2) is 0 Å². The van der Waals surface area contributed by atoms with Crippen LogP contribution in [-0.2, 0) is 14.8 Å². The number of ether oxygens (including phenoxy) is 1. The van der Waals surface area contributed by atoms with E-state index in [0.717, 1.165) is 25.7 Å². The Labute approximate surface area is 146 Å². The van der Waals surface area contributed by atoms with Gasteiger partial charge in [0, 0.05) is 11.6 Å². The molecule has 1 saturated carbocycles. The number of nitrogens with one attached hydrogen (secondary N) is 2. The third-order valence-corrected chi connectivity index (χ3v) is 5.65. The van der Waals surface area contributed by atoms with Gasteiger partial charge in [-0.15, -0.1) is 0 Å². The van der Waals surface area contributed by atoms with Crippen molar-refractivity contribution in [1.82, 2.24) is 10.0 Å². The van der Waals surface area contributed by atoms with Crippen LogP contribution in [0.15, 0.2) is 23.1 Å². The van der Waals surface area contributed by atoms with Gasteiger partial charge in [-0.05, 0) is 38.0 Å². The first-order valence-corrected chi connectivity index (χ1v) is 9.47. The van der Waals surface area contributed by atoms with Crippen LogP contribution in [0.5, 0.6) is 5.75 Å². The van der Waals surface area contributed by atoms with Crippen molar-refractivity contribution in [2.45, 2.75) is 49.6 Å². The van der Waals surface area contributed by atoms with Gasteiger partial charge in [-0.3, -0.25) is 9.59 Å². The van der Waals surface area contributed by atoms with Gasteiger partial charge in [-0.2, -0.15) is 0 Å². The van der Waals surface area contributed by atoms with Crippen LogP contribution in [0.4, 0.5) is 0 Å². The molecule has 1 aliphatic carbocycles. The first kappa shape index (κ1) is 19.2. The summed E-state index contributed by atoms with van der Waals surface area (Å²) < 4.78 is 33.1. The Morgan fingerprint density at radius 2 is 1.92 bits per heavy atom. The number of methoxy groups -OCH3 is 1. The predicted molar refractivity (Wildman–Crippen MR) is 90.1 cm³/mol. The molecule has 8 nitrogen and oxygen atoms in total. The molecular formula is C16H22N2O6S. The highest BCUT2D eigenvalue weighted by molar-refractivity contribution is 7.89. The molecule has 1 unspecified atom stereocenters. The Kier molecular flexibility index (Phi) is 6.02. The number of hydrogen-bond acceptors (Lipinski definition) is 5. The Morgan fingerprint density at radius 1 is 1.28 bits per heavy atom. The molecule has 1 amide bonds. The van der Waals surface area contributed by atoms with Crippen molar-refractivity contribution in [2.24, 2.45) is 0 Å². The Morgan fingerprint density at radius 3 is 2.48 bits per heavy atom. The summed E-state index contributed by atoms with van der Waals surface area (Å²) in [5, 5.41) is 11.2. The van der Waals surface area contributed by atoms with Gasteiger partial charge < -0.3 is 15.2 Å². The molecule has 0 aliphatic heterocycles. The zero-order valence-corrected chi connectivity index (χ0v) is 14.9. The van der Waals surface area contributed by atoms with Gasteiger partial charge in [0.2, 0.25) is 10.0 Å². The van der Waals surface area contributed by atoms with E-state index in [4.69, 9.17) is 9.84 Å². The Hall–Kier alpha value is -2.13. The first-order valence-electron chi connectivity index (χ1n) is 7.98. The molecule has 0 spiro atoms. The summed E-state index contributed by atoms with van der Waals surface area (Å²) in [7, 11) is -2.52.